The number of aryl methyl sites for hydroxylation is 1. The van der Waals surface area contributed by atoms with Gasteiger partial charge in [0.15, 0.2) is 0 Å². The van der Waals surface area contributed by atoms with Crippen LogP contribution >= 0.6 is 0 Å². The highest BCUT2D eigenvalue weighted by Gasteiger charge is 2.27. The van der Waals surface area contributed by atoms with E-state index in [-0.39, 0.29) is 31.7 Å². The summed E-state index contributed by atoms with van der Waals surface area (Å²) < 4.78 is 5.63. The van der Waals surface area contributed by atoms with Crippen LogP contribution in [-0.4, -0.2) is 37.5 Å². The minimum Gasteiger partial charge on any atom is -0.457 e. The summed E-state index contributed by atoms with van der Waals surface area (Å²) in [6.45, 7) is 12.5. The fourth-order valence-corrected chi connectivity index (χ4v) is 8.23. The molecule has 0 aromatic heterocycles. The zero-order valence-corrected chi connectivity index (χ0v) is 26.4. The highest BCUT2D eigenvalue weighted by Crippen LogP contribution is 2.28. The van der Waals surface area contributed by atoms with Crippen LogP contribution in [0.5, 0.6) is 0 Å². The van der Waals surface area contributed by atoms with Gasteiger partial charge in [0.05, 0.1) is 8.07 Å². The number of hydrogen-bond donors (Lipinski definition) is 2. The second-order valence-electron chi connectivity index (χ2n) is 12.0. The zero-order valence-electron chi connectivity index (χ0n) is 25.4. The first kappa shape index (κ1) is 32.5. The van der Waals surface area contributed by atoms with Gasteiger partial charge in [-0.1, -0.05) is 118 Å². The van der Waals surface area contributed by atoms with E-state index in [1.807, 2.05) is 0 Å². The smallest absolute Gasteiger partial charge is 0.333 e. The normalized spacial score (nSPS) is 11.6. The number of carbonyl (C=O) groups excluding carboxylic acids is 1. The summed E-state index contributed by atoms with van der Waals surface area (Å²) in [6.07, 6.45) is 6.64. The van der Waals surface area contributed by atoms with Gasteiger partial charge >= 0.3 is 5.97 Å². The van der Waals surface area contributed by atoms with Crippen molar-refractivity contribution in [3.8, 4) is 22.3 Å². The van der Waals surface area contributed by atoms with Gasteiger partial charge in [0.25, 0.3) is 0 Å². The van der Waals surface area contributed by atoms with E-state index in [0.717, 1.165) is 42.0 Å². The molecular weight excluding hydrogens is 524 g/mol. The van der Waals surface area contributed by atoms with Gasteiger partial charge in [-0.3, -0.25) is 0 Å². The van der Waals surface area contributed by atoms with Crippen molar-refractivity contribution in [3.63, 3.8) is 0 Å². The molecule has 0 saturated heterocycles. The van der Waals surface area contributed by atoms with E-state index in [1.54, 1.807) is 6.92 Å². The van der Waals surface area contributed by atoms with Crippen LogP contribution < -0.4 is 5.19 Å². The maximum atomic E-state index is 12.2. The Morgan fingerprint density at radius 2 is 1.41 bits per heavy atom. The fourth-order valence-electron chi connectivity index (χ4n) is 5.33. The molecule has 220 valence electrons. The highest BCUT2D eigenvalue weighted by atomic mass is 28.3. The third-order valence-corrected chi connectivity index (χ3v) is 11.6. The van der Waals surface area contributed by atoms with Gasteiger partial charge in [-0.2, -0.15) is 0 Å². The van der Waals surface area contributed by atoms with Crippen molar-refractivity contribution in [2.75, 3.05) is 13.2 Å². The number of rotatable bonds is 16. The molecule has 0 aliphatic rings. The molecule has 0 aliphatic heterocycles. The molecule has 3 rings (SSSR count). The molecule has 0 amide bonds. The molecule has 0 atom stereocenters. The molecule has 0 heterocycles. The Bertz CT molecular complexity index is 1260. The topological polar surface area (TPSA) is 66.8 Å². The number of ether oxygens (including phenoxy) is 1. The lowest BCUT2D eigenvalue weighted by Gasteiger charge is -2.27. The molecular formula is C36H48O4Si. The zero-order chi connectivity index (χ0) is 29.8. The van der Waals surface area contributed by atoms with Crippen LogP contribution in [0, 0.1) is 5.92 Å². The maximum Gasteiger partial charge on any atom is 0.333 e. The molecule has 0 spiro atoms. The maximum absolute atomic E-state index is 12.2. The third kappa shape index (κ3) is 9.52. The van der Waals surface area contributed by atoms with E-state index in [0.29, 0.717) is 5.57 Å². The van der Waals surface area contributed by atoms with Crippen molar-refractivity contribution in [2.24, 2.45) is 5.92 Å². The second-order valence-corrected chi connectivity index (χ2v) is 16.8. The first-order valence-corrected chi connectivity index (χ1v) is 18.3. The molecule has 0 aliphatic carbocycles. The summed E-state index contributed by atoms with van der Waals surface area (Å²) in [7, 11) is -1.89. The van der Waals surface area contributed by atoms with Crippen LogP contribution in [-0.2, 0) is 22.6 Å². The van der Waals surface area contributed by atoms with Crippen LogP contribution in [0.15, 0.2) is 78.9 Å². The Morgan fingerprint density at radius 3 is 1.98 bits per heavy atom. The standard InChI is InChI=1S/C36H48O4Si/c1-6-7-8-10-28-12-14-30(15-13-28)31-16-18-32(19-17-31)33-20-21-35(34(23-33)26-40-36(39)27(2)3)41(4,5)22-9-11-29(24-37)25-38/h12-21,23,29,37-38H,2,6-11,22,24-26H2,1,3-5H3. The molecule has 3 aromatic carbocycles. The highest BCUT2D eigenvalue weighted by molar-refractivity contribution is 6.90. The number of benzene rings is 3. The van der Waals surface area contributed by atoms with Gasteiger partial charge in [0, 0.05) is 24.7 Å². The van der Waals surface area contributed by atoms with Crippen molar-refractivity contribution in [2.45, 2.75) is 78.1 Å². The Hall–Kier alpha value is -2.99. The molecule has 41 heavy (non-hydrogen) atoms. The molecule has 0 fully saturated rings. The monoisotopic (exact) mass is 572 g/mol. The van der Waals surface area contributed by atoms with E-state index in [1.165, 1.54) is 41.1 Å². The number of aliphatic hydroxyl groups is 2. The third-order valence-electron chi connectivity index (χ3n) is 8.05. The number of unbranched alkanes of at least 4 members (excludes halogenated alkanes) is 2. The van der Waals surface area contributed by atoms with Crippen molar-refractivity contribution < 1.29 is 19.7 Å². The van der Waals surface area contributed by atoms with E-state index in [4.69, 9.17) is 4.74 Å². The predicted molar refractivity (Wildman–Crippen MR) is 174 cm³/mol. The lowest BCUT2D eigenvalue weighted by Crippen LogP contribution is -2.43. The van der Waals surface area contributed by atoms with E-state index < -0.39 is 8.07 Å². The average molecular weight is 573 g/mol. The van der Waals surface area contributed by atoms with Crippen molar-refractivity contribution in [1.82, 2.24) is 0 Å². The van der Waals surface area contributed by atoms with Crippen LogP contribution in [0.25, 0.3) is 22.3 Å². The minimum atomic E-state index is -1.89. The SMILES string of the molecule is C=C(C)C(=O)OCc1cc(-c2ccc(-c3ccc(CCCCC)cc3)cc2)ccc1[Si](C)(C)CCCC(CO)CO. The van der Waals surface area contributed by atoms with Gasteiger partial charge in [-0.25, -0.2) is 4.79 Å². The summed E-state index contributed by atoms with van der Waals surface area (Å²) >= 11 is 0. The largest absolute Gasteiger partial charge is 0.457 e. The van der Waals surface area contributed by atoms with Crippen LogP contribution in [0.4, 0.5) is 0 Å². The number of carbonyl (C=O) groups is 1. The van der Waals surface area contributed by atoms with E-state index in [9.17, 15) is 15.0 Å². The van der Waals surface area contributed by atoms with Crippen LogP contribution in [0.1, 0.15) is 57.1 Å². The number of esters is 1. The lowest BCUT2D eigenvalue weighted by atomic mass is 9.98. The summed E-state index contributed by atoms with van der Waals surface area (Å²) in [4.78, 5) is 12.2. The molecule has 2 N–H and O–H groups in total. The summed E-state index contributed by atoms with van der Waals surface area (Å²) in [5.41, 5.74) is 7.46. The van der Waals surface area contributed by atoms with Gasteiger partial charge in [0.1, 0.15) is 6.61 Å². The van der Waals surface area contributed by atoms with Gasteiger partial charge < -0.3 is 14.9 Å². The van der Waals surface area contributed by atoms with Crippen LogP contribution in [0.2, 0.25) is 19.1 Å². The Balaban J connectivity index is 1.82. The minimum absolute atomic E-state index is 0.0123. The van der Waals surface area contributed by atoms with Crippen molar-refractivity contribution >= 4 is 19.2 Å². The first-order chi connectivity index (χ1) is 19.7. The first-order valence-electron chi connectivity index (χ1n) is 15.1. The van der Waals surface area contributed by atoms with Crippen LogP contribution in [0.3, 0.4) is 0 Å². The molecule has 4 nitrogen and oxygen atoms in total. The van der Waals surface area contributed by atoms with Crippen molar-refractivity contribution in [3.05, 3.63) is 90.0 Å². The number of aliphatic hydroxyl groups excluding tert-OH is 2. The molecule has 3 aromatic rings. The Labute approximate surface area is 248 Å². The van der Waals surface area contributed by atoms with E-state index >= 15 is 0 Å². The number of hydrogen-bond acceptors (Lipinski definition) is 4. The molecule has 0 radical (unpaired) electrons. The summed E-state index contributed by atoms with van der Waals surface area (Å²) in [6, 6.07) is 25.2. The average Bonchev–Trinajstić information content (AvgIpc) is 2.98. The van der Waals surface area contributed by atoms with Gasteiger partial charge in [0.2, 0.25) is 0 Å². The predicted octanol–water partition coefficient (Wildman–Crippen LogP) is 7.67. The van der Waals surface area contributed by atoms with Crippen molar-refractivity contribution in [1.29, 1.82) is 0 Å². The second kappa shape index (κ2) is 15.9. The van der Waals surface area contributed by atoms with Gasteiger partial charge in [-0.05, 0) is 65.6 Å². The summed E-state index contributed by atoms with van der Waals surface area (Å²) in [5, 5.41) is 20.2. The summed E-state index contributed by atoms with van der Waals surface area (Å²) in [5.74, 6) is -0.444. The van der Waals surface area contributed by atoms with E-state index in [2.05, 4.69) is 93.3 Å². The lowest BCUT2D eigenvalue weighted by molar-refractivity contribution is -0.140. The molecule has 0 bridgehead atoms. The molecule has 0 saturated carbocycles. The molecule has 5 heteroatoms. The quantitative estimate of drug-likeness (QED) is 0.0800. The Kier molecular flexibility index (Phi) is 12.6. The molecule has 0 unspecified atom stereocenters. The Morgan fingerprint density at radius 1 is 0.854 bits per heavy atom. The van der Waals surface area contributed by atoms with Gasteiger partial charge in [-0.15, -0.1) is 0 Å². The fraction of sp³-hybridized carbons (Fsp3) is 0.417.